The number of ether oxygens (including phenoxy) is 2. The molecule has 0 aliphatic rings. The van der Waals surface area contributed by atoms with Crippen LogP contribution in [0.5, 0.6) is 11.5 Å². The molecule has 20 heavy (non-hydrogen) atoms. The van der Waals surface area contributed by atoms with Crippen molar-refractivity contribution >= 4 is 11.3 Å². The summed E-state index contributed by atoms with van der Waals surface area (Å²) in [4.78, 5) is 0. The van der Waals surface area contributed by atoms with E-state index in [2.05, 4.69) is 0 Å². The smallest absolute Gasteiger partial charge is 0.118 e. The maximum absolute atomic E-state index is 6.24. The zero-order chi connectivity index (χ0) is 14.5. The van der Waals surface area contributed by atoms with Crippen LogP contribution in [0.25, 0.3) is 11.3 Å². The van der Waals surface area contributed by atoms with Gasteiger partial charge in [-0.15, -0.1) is 0 Å². The Balaban J connectivity index is 2.32. The molecule has 2 aromatic rings. The van der Waals surface area contributed by atoms with E-state index in [1.54, 1.807) is 14.2 Å². The molecule has 0 spiro atoms. The molecule has 0 amide bonds. The molecule has 0 heterocycles. The number of rotatable bonds is 4. The Hall–Kier alpha value is -2.42. The Morgan fingerprint density at radius 3 is 1.55 bits per heavy atom. The monoisotopic (exact) mass is 269 g/mol. The lowest BCUT2D eigenvalue weighted by atomic mass is 10.0. The summed E-state index contributed by atoms with van der Waals surface area (Å²) in [7, 11) is 3.31. The summed E-state index contributed by atoms with van der Waals surface area (Å²) in [5.41, 5.74) is 10.1. The van der Waals surface area contributed by atoms with Gasteiger partial charge < -0.3 is 15.2 Å². The number of benzene rings is 2. The van der Waals surface area contributed by atoms with Gasteiger partial charge in [0.2, 0.25) is 0 Å². The Morgan fingerprint density at radius 2 is 1.15 bits per heavy atom. The normalized spacial score (nSPS) is 11.8. The van der Waals surface area contributed by atoms with Gasteiger partial charge in [0.05, 0.1) is 14.2 Å². The molecule has 0 fully saturated rings. The fraction of sp³-hybridized carbons (Fsp3) is 0.176. The van der Waals surface area contributed by atoms with E-state index in [-0.39, 0.29) is 0 Å². The van der Waals surface area contributed by atoms with Gasteiger partial charge in [0.1, 0.15) is 11.5 Å². The highest BCUT2D eigenvalue weighted by Crippen LogP contribution is 2.25. The van der Waals surface area contributed by atoms with Crippen LogP contribution >= 0.6 is 0 Å². The van der Waals surface area contributed by atoms with Crippen LogP contribution < -0.4 is 15.2 Å². The second-order valence-corrected chi connectivity index (χ2v) is 4.50. The molecule has 2 rings (SSSR count). The lowest BCUT2D eigenvalue weighted by Gasteiger charge is -2.10. The van der Waals surface area contributed by atoms with E-state index in [1.165, 1.54) is 0 Å². The van der Waals surface area contributed by atoms with Crippen LogP contribution in [0.15, 0.2) is 48.5 Å². The second kappa shape index (κ2) is 6.15. The van der Waals surface area contributed by atoms with Gasteiger partial charge in [0.25, 0.3) is 0 Å². The Kier molecular flexibility index (Phi) is 4.31. The van der Waals surface area contributed by atoms with Crippen molar-refractivity contribution in [2.75, 3.05) is 14.2 Å². The van der Waals surface area contributed by atoms with E-state index < -0.39 is 0 Å². The van der Waals surface area contributed by atoms with Crippen molar-refractivity contribution < 1.29 is 9.47 Å². The fourth-order valence-electron chi connectivity index (χ4n) is 1.98. The van der Waals surface area contributed by atoms with E-state index in [4.69, 9.17) is 15.2 Å². The predicted octanol–water partition coefficient (Wildman–Crippen LogP) is 3.55. The number of methoxy groups -OCH3 is 2. The number of allylic oxidation sites excluding steroid dienone is 1. The molecule has 0 aromatic heterocycles. The summed E-state index contributed by atoms with van der Waals surface area (Å²) >= 11 is 0. The lowest BCUT2D eigenvalue weighted by Crippen LogP contribution is -2.00. The van der Waals surface area contributed by atoms with Crippen molar-refractivity contribution in [1.29, 1.82) is 0 Å². The molecule has 0 bridgehead atoms. The number of hydrogen-bond acceptors (Lipinski definition) is 3. The van der Waals surface area contributed by atoms with E-state index in [0.717, 1.165) is 33.9 Å². The minimum atomic E-state index is 0.762. The van der Waals surface area contributed by atoms with Crippen LogP contribution in [0.3, 0.4) is 0 Å². The molecule has 0 saturated heterocycles. The molecule has 0 radical (unpaired) electrons. The van der Waals surface area contributed by atoms with Gasteiger partial charge >= 0.3 is 0 Å². The first-order valence-corrected chi connectivity index (χ1v) is 6.41. The number of nitrogens with two attached hydrogens (primary N) is 1. The average molecular weight is 269 g/mol. The Morgan fingerprint density at radius 1 is 0.750 bits per heavy atom. The van der Waals surface area contributed by atoms with Gasteiger partial charge in [-0.2, -0.15) is 0 Å². The summed E-state index contributed by atoms with van der Waals surface area (Å²) in [6.07, 6.45) is 0. The first kappa shape index (κ1) is 14.0. The Bertz CT molecular complexity index is 542. The number of hydrogen-bond donors (Lipinski definition) is 1. The molecule has 2 aromatic carbocycles. The van der Waals surface area contributed by atoms with Crippen LogP contribution in [-0.4, -0.2) is 14.2 Å². The highest BCUT2D eigenvalue weighted by Gasteiger charge is 2.05. The predicted molar refractivity (Wildman–Crippen MR) is 82.7 cm³/mol. The summed E-state index contributed by atoms with van der Waals surface area (Å²) < 4.78 is 10.3. The molecule has 0 aliphatic heterocycles. The third-order valence-electron chi connectivity index (χ3n) is 3.33. The second-order valence-electron chi connectivity index (χ2n) is 4.50. The summed E-state index contributed by atoms with van der Waals surface area (Å²) in [6, 6.07) is 15.6. The first-order chi connectivity index (χ1) is 9.65. The SMILES string of the molecule is COc1ccc(/C(C)=C(/N)c2ccc(OC)cc2)cc1. The van der Waals surface area contributed by atoms with Gasteiger partial charge in [-0.1, -0.05) is 12.1 Å². The quantitative estimate of drug-likeness (QED) is 0.863. The van der Waals surface area contributed by atoms with Crippen molar-refractivity contribution in [3.63, 3.8) is 0 Å². The fourth-order valence-corrected chi connectivity index (χ4v) is 1.98. The van der Waals surface area contributed by atoms with Gasteiger partial charge in [-0.3, -0.25) is 0 Å². The zero-order valence-electron chi connectivity index (χ0n) is 12.0. The van der Waals surface area contributed by atoms with Crippen molar-refractivity contribution in [1.82, 2.24) is 0 Å². The molecule has 0 unspecified atom stereocenters. The van der Waals surface area contributed by atoms with Gasteiger partial charge in [0, 0.05) is 5.70 Å². The average Bonchev–Trinajstić information content (AvgIpc) is 2.53. The van der Waals surface area contributed by atoms with Crippen molar-refractivity contribution in [3.05, 3.63) is 59.7 Å². The van der Waals surface area contributed by atoms with Crippen molar-refractivity contribution in [2.45, 2.75) is 6.92 Å². The molecule has 0 aliphatic carbocycles. The van der Waals surface area contributed by atoms with Crippen LogP contribution in [0.4, 0.5) is 0 Å². The minimum absolute atomic E-state index is 0.762. The maximum atomic E-state index is 6.24. The van der Waals surface area contributed by atoms with E-state index in [0.29, 0.717) is 0 Å². The Labute approximate surface area is 119 Å². The first-order valence-electron chi connectivity index (χ1n) is 6.41. The van der Waals surface area contributed by atoms with Crippen LogP contribution in [0.1, 0.15) is 18.1 Å². The maximum Gasteiger partial charge on any atom is 0.118 e. The molecule has 0 saturated carbocycles. The van der Waals surface area contributed by atoms with Gasteiger partial charge in [-0.25, -0.2) is 0 Å². The molecule has 104 valence electrons. The highest BCUT2D eigenvalue weighted by atomic mass is 16.5. The van der Waals surface area contributed by atoms with Crippen LogP contribution in [-0.2, 0) is 0 Å². The van der Waals surface area contributed by atoms with Crippen LogP contribution in [0, 0.1) is 0 Å². The largest absolute Gasteiger partial charge is 0.497 e. The molecular weight excluding hydrogens is 250 g/mol. The molecular formula is C17H19NO2. The molecule has 0 atom stereocenters. The van der Waals surface area contributed by atoms with E-state index in [1.807, 2.05) is 55.5 Å². The minimum Gasteiger partial charge on any atom is -0.497 e. The summed E-state index contributed by atoms with van der Waals surface area (Å²) in [5.74, 6) is 1.66. The highest BCUT2D eigenvalue weighted by molar-refractivity contribution is 5.88. The van der Waals surface area contributed by atoms with Crippen LogP contribution in [0.2, 0.25) is 0 Å². The van der Waals surface area contributed by atoms with E-state index in [9.17, 15) is 0 Å². The third-order valence-corrected chi connectivity index (χ3v) is 3.33. The molecule has 2 N–H and O–H groups in total. The topological polar surface area (TPSA) is 44.5 Å². The summed E-state index contributed by atoms with van der Waals surface area (Å²) in [6.45, 7) is 2.02. The molecule has 3 heteroatoms. The van der Waals surface area contributed by atoms with Crippen molar-refractivity contribution in [3.8, 4) is 11.5 Å². The zero-order valence-corrected chi connectivity index (χ0v) is 12.0. The van der Waals surface area contributed by atoms with Gasteiger partial charge in [0.15, 0.2) is 0 Å². The van der Waals surface area contributed by atoms with E-state index >= 15 is 0 Å². The van der Waals surface area contributed by atoms with Gasteiger partial charge in [-0.05, 0) is 60.0 Å². The third kappa shape index (κ3) is 2.94. The molecule has 3 nitrogen and oxygen atoms in total. The lowest BCUT2D eigenvalue weighted by molar-refractivity contribution is 0.414. The standard InChI is InChI=1S/C17H19NO2/c1-12(13-4-8-15(19-2)9-5-13)17(18)14-6-10-16(20-3)11-7-14/h4-11H,18H2,1-3H3/b17-12+. The van der Waals surface area contributed by atoms with Crippen molar-refractivity contribution in [2.24, 2.45) is 5.73 Å². The summed E-state index contributed by atoms with van der Waals surface area (Å²) in [5, 5.41) is 0.